The number of nitrogens with zero attached hydrogens (tertiary/aromatic N) is 2. The van der Waals surface area contributed by atoms with E-state index in [2.05, 4.69) is 5.32 Å². The summed E-state index contributed by atoms with van der Waals surface area (Å²) in [5.74, 6) is 0. The monoisotopic (exact) mass is 339 g/mol. The molecule has 0 atom stereocenters. The predicted molar refractivity (Wildman–Crippen MR) is 89.9 cm³/mol. The summed E-state index contributed by atoms with van der Waals surface area (Å²) in [7, 11) is -3.50. The predicted octanol–water partition coefficient (Wildman–Crippen LogP) is 1.73. The van der Waals surface area contributed by atoms with Gasteiger partial charge in [-0.1, -0.05) is 24.6 Å². The van der Waals surface area contributed by atoms with Crippen LogP contribution in [0.2, 0.25) is 0 Å². The lowest BCUT2D eigenvalue weighted by molar-refractivity contribution is 0.172. The van der Waals surface area contributed by atoms with Gasteiger partial charge < -0.3 is 10.2 Å². The Hall–Kier alpha value is -1.60. The third kappa shape index (κ3) is 4.03. The van der Waals surface area contributed by atoms with E-state index in [0.717, 1.165) is 17.5 Å². The van der Waals surface area contributed by atoms with Gasteiger partial charge in [0.25, 0.3) is 0 Å². The van der Waals surface area contributed by atoms with Crippen molar-refractivity contribution >= 4 is 16.1 Å². The van der Waals surface area contributed by atoms with Gasteiger partial charge in [-0.2, -0.15) is 4.31 Å². The molecule has 2 amide bonds. The number of carbonyl (C=O) groups is 1. The van der Waals surface area contributed by atoms with Crippen LogP contribution in [0.25, 0.3) is 0 Å². The van der Waals surface area contributed by atoms with E-state index in [0.29, 0.717) is 37.6 Å². The minimum absolute atomic E-state index is 0.115. The number of nitrogens with one attached hydrogen (secondary N) is 1. The van der Waals surface area contributed by atoms with Crippen LogP contribution in [0, 0.1) is 13.8 Å². The largest absolute Gasteiger partial charge is 0.338 e. The summed E-state index contributed by atoms with van der Waals surface area (Å²) >= 11 is 0. The Morgan fingerprint density at radius 2 is 1.83 bits per heavy atom. The number of rotatable bonds is 4. The summed E-state index contributed by atoms with van der Waals surface area (Å²) < 4.78 is 27.0. The second kappa shape index (κ2) is 7.31. The first-order valence-electron chi connectivity index (χ1n) is 7.96. The molecule has 1 aromatic rings. The zero-order valence-electron chi connectivity index (χ0n) is 14.0. The highest BCUT2D eigenvalue weighted by atomic mass is 32.2. The molecule has 1 aliphatic heterocycles. The van der Waals surface area contributed by atoms with Crippen LogP contribution in [-0.4, -0.2) is 56.4 Å². The molecule has 6 nitrogen and oxygen atoms in total. The molecule has 7 heteroatoms. The molecular formula is C16H25N3O3S. The molecule has 0 spiro atoms. The molecule has 1 heterocycles. The maximum absolute atomic E-state index is 12.8. The first-order chi connectivity index (χ1) is 10.9. The molecule has 0 unspecified atom stereocenters. The van der Waals surface area contributed by atoms with Crippen LogP contribution in [0.15, 0.2) is 23.1 Å². The van der Waals surface area contributed by atoms with Crippen LogP contribution < -0.4 is 5.32 Å². The van der Waals surface area contributed by atoms with Gasteiger partial charge in [-0.3, -0.25) is 0 Å². The number of aryl methyl sites for hydroxylation is 2. The fourth-order valence-electron chi connectivity index (χ4n) is 2.70. The molecule has 1 N–H and O–H groups in total. The lowest BCUT2D eigenvalue weighted by Crippen LogP contribution is -2.53. The van der Waals surface area contributed by atoms with Crippen molar-refractivity contribution in [3.8, 4) is 0 Å². The third-order valence-electron chi connectivity index (χ3n) is 4.00. The Kier molecular flexibility index (Phi) is 5.64. The maximum atomic E-state index is 12.8. The second-order valence-electron chi connectivity index (χ2n) is 5.89. The Bertz CT molecular complexity index is 665. The van der Waals surface area contributed by atoms with E-state index in [9.17, 15) is 13.2 Å². The molecule has 128 valence electrons. The molecule has 1 aromatic carbocycles. The molecule has 0 saturated carbocycles. The standard InChI is InChI=1S/C16H25N3O3S/c1-4-7-17-16(20)18-8-10-19(11-9-18)23(21,22)15-6-5-13(2)12-14(15)3/h5-6,12H,4,7-11H2,1-3H3,(H,17,20). The van der Waals surface area contributed by atoms with Gasteiger partial charge in [0, 0.05) is 32.7 Å². The minimum Gasteiger partial charge on any atom is -0.338 e. The third-order valence-corrected chi connectivity index (χ3v) is 6.06. The number of hydrogen-bond donors (Lipinski definition) is 1. The first kappa shape index (κ1) is 17.7. The van der Waals surface area contributed by atoms with Crippen molar-refractivity contribution in [2.45, 2.75) is 32.1 Å². The van der Waals surface area contributed by atoms with E-state index in [1.807, 2.05) is 32.9 Å². The highest BCUT2D eigenvalue weighted by molar-refractivity contribution is 7.89. The number of benzene rings is 1. The van der Waals surface area contributed by atoms with Crippen LogP contribution in [0.4, 0.5) is 4.79 Å². The van der Waals surface area contributed by atoms with E-state index < -0.39 is 10.0 Å². The summed E-state index contributed by atoms with van der Waals surface area (Å²) in [6.07, 6.45) is 0.882. The maximum Gasteiger partial charge on any atom is 0.317 e. The molecule has 0 radical (unpaired) electrons. The van der Waals surface area contributed by atoms with Crippen molar-refractivity contribution < 1.29 is 13.2 Å². The highest BCUT2D eigenvalue weighted by Gasteiger charge is 2.30. The average Bonchev–Trinajstić information content (AvgIpc) is 2.52. The molecule has 1 saturated heterocycles. The van der Waals surface area contributed by atoms with Gasteiger partial charge in [-0.15, -0.1) is 0 Å². The van der Waals surface area contributed by atoms with E-state index in [-0.39, 0.29) is 6.03 Å². The van der Waals surface area contributed by atoms with Crippen LogP contribution >= 0.6 is 0 Å². The van der Waals surface area contributed by atoms with Crippen LogP contribution in [0.5, 0.6) is 0 Å². The number of hydrogen-bond acceptors (Lipinski definition) is 3. The van der Waals surface area contributed by atoms with Crippen molar-refractivity contribution in [2.75, 3.05) is 32.7 Å². The van der Waals surface area contributed by atoms with Crippen molar-refractivity contribution in [1.82, 2.24) is 14.5 Å². The molecule has 1 aliphatic rings. The smallest absolute Gasteiger partial charge is 0.317 e. The number of carbonyl (C=O) groups excluding carboxylic acids is 1. The molecule has 0 aliphatic carbocycles. The molecule has 23 heavy (non-hydrogen) atoms. The van der Waals surface area contributed by atoms with E-state index in [4.69, 9.17) is 0 Å². The van der Waals surface area contributed by atoms with Gasteiger partial charge >= 0.3 is 6.03 Å². The van der Waals surface area contributed by atoms with Crippen molar-refractivity contribution in [3.05, 3.63) is 29.3 Å². The zero-order valence-corrected chi connectivity index (χ0v) is 14.8. The molecule has 0 aromatic heterocycles. The van der Waals surface area contributed by atoms with Crippen LogP contribution in [0.1, 0.15) is 24.5 Å². The van der Waals surface area contributed by atoms with Crippen molar-refractivity contribution in [2.24, 2.45) is 0 Å². The Morgan fingerprint density at radius 3 is 2.39 bits per heavy atom. The fraction of sp³-hybridized carbons (Fsp3) is 0.562. The van der Waals surface area contributed by atoms with E-state index in [1.165, 1.54) is 4.31 Å². The first-order valence-corrected chi connectivity index (χ1v) is 9.40. The lowest BCUT2D eigenvalue weighted by atomic mass is 10.2. The molecule has 0 bridgehead atoms. The van der Waals surface area contributed by atoms with Gasteiger partial charge in [0.15, 0.2) is 0 Å². The number of amides is 2. The van der Waals surface area contributed by atoms with Gasteiger partial charge in [0.05, 0.1) is 4.90 Å². The van der Waals surface area contributed by atoms with Gasteiger partial charge in [-0.25, -0.2) is 13.2 Å². The lowest BCUT2D eigenvalue weighted by Gasteiger charge is -2.34. The average molecular weight is 339 g/mol. The summed E-state index contributed by atoms with van der Waals surface area (Å²) in [6.45, 7) is 7.88. The number of urea groups is 1. The molecular weight excluding hydrogens is 314 g/mol. The second-order valence-corrected chi connectivity index (χ2v) is 7.80. The Balaban J connectivity index is 2.05. The van der Waals surface area contributed by atoms with Gasteiger partial charge in [0.2, 0.25) is 10.0 Å². The van der Waals surface area contributed by atoms with E-state index in [1.54, 1.807) is 11.0 Å². The molecule has 1 fully saturated rings. The molecule has 2 rings (SSSR count). The number of piperazine rings is 1. The quantitative estimate of drug-likeness (QED) is 0.908. The minimum atomic E-state index is -3.50. The summed E-state index contributed by atoms with van der Waals surface area (Å²) in [5.41, 5.74) is 1.80. The van der Waals surface area contributed by atoms with Crippen LogP contribution in [0.3, 0.4) is 0 Å². The normalized spacial score (nSPS) is 16.4. The summed E-state index contributed by atoms with van der Waals surface area (Å²) in [5, 5.41) is 2.82. The Morgan fingerprint density at radius 1 is 1.17 bits per heavy atom. The summed E-state index contributed by atoms with van der Waals surface area (Å²) in [6, 6.07) is 5.24. The summed E-state index contributed by atoms with van der Waals surface area (Å²) in [4.78, 5) is 13.9. The SMILES string of the molecule is CCCNC(=O)N1CCN(S(=O)(=O)c2ccc(C)cc2C)CC1. The topological polar surface area (TPSA) is 69.7 Å². The zero-order chi connectivity index (χ0) is 17.0. The van der Waals surface area contributed by atoms with Crippen LogP contribution in [-0.2, 0) is 10.0 Å². The van der Waals surface area contributed by atoms with Crippen molar-refractivity contribution in [1.29, 1.82) is 0 Å². The van der Waals surface area contributed by atoms with E-state index >= 15 is 0 Å². The Labute approximate surface area is 138 Å². The highest BCUT2D eigenvalue weighted by Crippen LogP contribution is 2.22. The number of sulfonamides is 1. The van der Waals surface area contributed by atoms with Gasteiger partial charge in [-0.05, 0) is 31.9 Å². The van der Waals surface area contributed by atoms with Crippen molar-refractivity contribution in [3.63, 3.8) is 0 Å². The fourth-order valence-corrected chi connectivity index (χ4v) is 4.33. The van der Waals surface area contributed by atoms with Gasteiger partial charge in [0.1, 0.15) is 0 Å².